The van der Waals surface area contributed by atoms with E-state index in [0.29, 0.717) is 11.8 Å². The Morgan fingerprint density at radius 1 is 1.07 bits per heavy atom. The fourth-order valence-electron chi connectivity index (χ4n) is 3.00. The SMILES string of the molecule is CC1C2=CCC=CCC2c2ccccc21. The Hall–Kier alpha value is -1.30. The maximum atomic E-state index is 2.43. The lowest BCUT2D eigenvalue weighted by molar-refractivity contribution is 0.793. The normalized spacial score (nSPS) is 27.9. The van der Waals surface area contributed by atoms with Gasteiger partial charge in [0, 0.05) is 11.8 Å². The van der Waals surface area contributed by atoms with Crippen LogP contribution in [0.1, 0.15) is 42.7 Å². The molecular formula is C15H16. The molecule has 0 fully saturated rings. The second kappa shape index (κ2) is 3.37. The van der Waals surface area contributed by atoms with Crippen LogP contribution in [-0.2, 0) is 0 Å². The Balaban J connectivity index is 2.15. The minimum Gasteiger partial charge on any atom is -0.0873 e. The van der Waals surface area contributed by atoms with Crippen LogP contribution in [0.5, 0.6) is 0 Å². The minimum atomic E-state index is 0.631. The summed E-state index contributed by atoms with van der Waals surface area (Å²) in [5.41, 5.74) is 4.74. The molecule has 15 heavy (non-hydrogen) atoms. The van der Waals surface area contributed by atoms with Gasteiger partial charge in [-0.2, -0.15) is 0 Å². The molecule has 0 N–H and O–H groups in total. The van der Waals surface area contributed by atoms with Crippen LogP contribution in [0.4, 0.5) is 0 Å². The molecule has 0 spiro atoms. The van der Waals surface area contributed by atoms with E-state index < -0.39 is 0 Å². The third-order valence-electron chi connectivity index (χ3n) is 3.77. The average Bonchev–Trinajstić information content (AvgIpc) is 2.48. The molecule has 0 nitrogen and oxygen atoms in total. The summed E-state index contributed by atoms with van der Waals surface area (Å²) in [6.45, 7) is 2.34. The molecule has 0 heterocycles. The fourth-order valence-corrected chi connectivity index (χ4v) is 3.00. The molecule has 0 bridgehead atoms. The number of benzene rings is 1. The first-order valence-corrected chi connectivity index (χ1v) is 5.81. The van der Waals surface area contributed by atoms with Gasteiger partial charge in [0.25, 0.3) is 0 Å². The topological polar surface area (TPSA) is 0 Å². The molecule has 0 radical (unpaired) electrons. The monoisotopic (exact) mass is 196 g/mol. The summed E-state index contributed by atoms with van der Waals surface area (Å²) in [5, 5.41) is 0. The van der Waals surface area contributed by atoms with E-state index >= 15 is 0 Å². The predicted molar refractivity (Wildman–Crippen MR) is 64.1 cm³/mol. The summed E-state index contributed by atoms with van der Waals surface area (Å²) >= 11 is 0. The smallest absolute Gasteiger partial charge is 0.00917 e. The van der Waals surface area contributed by atoms with Gasteiger partial charge in [0.2, 0.25) is 0 Å². The van der Waals surface area contributed by atoms with Crippen LogP contribution in [0.15, 0.2) is 48.1 Å². The molecule has 2 atom stereocenters. The Bertz CT molecular complexity index is 437. The zero-order valence-corrected chi connectivity index (χ0v) is 9.11. The highest BCUT2D eigenvalue weighted by atomic mass is 14.4. The highest BCUT2D eigenvalue weighted by Crippen LogP contribution is 2.48. The van der Waals surface area contributed by atoms with Crippen molar-refractivity contribution in [1.82, 2.24) is 0 Å². The number of hydrogen-bond acceptors (Lipinski definition) is 0. The van der Waals surface area contributed by atoms with E-state index in [9.17, 15) is 0 Å². The van der Waals surface area contributed by atoms with Crippen molar-refractivity contribution in [1.29, 1.82) is 0 Å². The van der Waals surface area contributed by atoms with Crippen molar-refractivity contribution >= 4 is 0 Å². The fraction of sp³-hybridized carbons (Fsp3) is 0.333. The standard InChI is InChI=1S/C15H16/c1-11-12-7-3-2-4-9-14(12)15-10-6-5-8-13(11)15/h2,4-8,10-11,14H,3,9H2,1H3. The highest BCUT2D eigenvalue weighted by molar-refractivity contribution is 5.50. The second-order valence-corrected chi connectivity index (χ2v) is 4.55. The van der Waals surface area contributed by atoms with Gasteiger partial charge in [-0.1, -0.05) is 55.0 Å². The van der Waals surface area contributed by atoms with Gasteiger partial charge in [0.1, 0.15) is 0 Å². The van der Waals surface area contributed by atoms with Crippen LogP contribution in [0, 0.1) is 0 Å². The van der Waals surface area contributed by atoms with Gasteiger partial charge < -0.3 is 0 Å². The van der Waals surface area contributed by atoms with Crippen molar-refractivity contribution in [3.05, 3.63) is 59.2 Å². The maximum Gasteiger partial charge on any atom is 0.00917 e. The van der Waals surface area contributed by atoms with Gasteiger partial charge in [0.15, 0.2) is 0 Å². The van der Waals surface area contributed by atoms with E-state index in [1.54, 1.807) is 16.7 Å². The van der Waals surface area contributed by atoms with E-state index in [2.05, 4.69) is 49.4 Å². The predicted octanol–water partition coefficient (Wildman–Crippen LogP) is 4.16. The van der Waals surface area contributed by atoms with Crippen molar-refractivity contribution in [3.8, 4) is 0 Å². The summed E-state index contributed by atoms with van der Waals surface area (Å²) < 4.78 is 0. The van der Waals surface area contributed by atoms with Crippen LogP contribution >= 0.6 is 0 Å². The van der Waals surface area contributed by atoms with Gasteiger partial charge in [0.05, 0.1) is 0 Å². The minimum absolute atomic E-state index is 0.631. The van der Waals surface area contributed by atoms with E-state index in [4.69, 9.17) is 0 Å². The van der Waals surface area contributed by atoms with Crippen molar-refractivity contribution in [2.75, 3.05) is 0 Å². The van der Waals surface area contributed by atoms with Crippen molar-refractivity contribution in [3.63, 3.8) is 0 Å². The summed E-state index contributed by atoms with van der Waals surface area (Å²) in [6.07, 6.45) is 9.36. The van der Waals surface area contributed by atoms with E-state index in [1.165, 1.54) is 6.42 Å². The van der Waals surface area contributed by atoms with Crippen LogP contribution in [0.25, 0.3) is 0 Å². The Morgan fingerprint density at radius 3 is 2.73 bits per heavy atom. The lowest BCUT2D eigenvalue weighted by atomic mass is 9.93. The molecule has 0 heteroatoms. The number of allylic oxidation sites excluding steroid dienone is 4. The van der Waals surface area contributed by atoms with E-state index in [0.717, 1.165) is 6.42 Å². The summed E-state index contributed by atoms with van der Waals surface area (Å²) in [5.74, 6) is 1.29. The molecule has 0 amide bonds. The zero-order valence-electron chi connectivity index (χ0n) is 9.11. The lowest BCUT2D eigenvalue weighted by Gasteiger charge is -2.11. The summed E-state index contributed by atoms with van der Waals surface area (Å²) in [4.78, 5) is 0. The molecule has 0 saturated heterocycles. The largest absolute Gasteiger partial charge is 0.0873 e. The number of hydrogen-bond donors (Lipinski definition) is 0. The molecule has 76 valence electrons. The molecular weight excluding hydrogens is 180 g/mol. The molecule has 2 unspecified atom stereocenters. The van der Waals surface area contributed by atoms with E-state index in [-0.39, 0.29) is 0 Å². The van der Waals surface area contributed by atoms with Crippen molar-refractivity contribution < 1.29 is 0 Å². The average molecular weight is 196 g/mol. The molecule has 2 aliphatic carbocycles. The maximum absolute atomic E-state index is 2.43. The van der Waals surface area contributed by atoms with E-state index in [1.807, 2.05) is 0 Å². The van der Waals surface area contributed by atoms with Gasteiger partial charge in [-0.3, -0.25) is 0 Å². The van der Waals surface area contributed by atoms with Crippen molar-refractivity contribution in [2.24, 2.45) is 0 Å². The summed E-state index contributed by atoms with van der Waals surface area (Å²) in [6, 6.07) is 8.93. The third kappa shape index (κ3) is 1.28. The zero-order chi connectivity index (χ0) is 10.3. The van der Waals surface area contributed by atoms with Crippen LogP contribution in [0.3, 0.4) is 0 Å². The van der Waals surface area contributed by atoms with Crippen LogP contribution < -0.4 is 0 Å². The molecule has 0 aromatic heterocycles. The Morgan fingerprint density at radius 2 is 1.87 bits per heavy atom. The second-order valence-electron chi connectivity index (χ2n) is 4.55. The van der Waals surface area contributed by atoms with Gasteiger partial charge in [-0.15, -0.1) is 0 Å². The molecule has 3 rings (SSSR count). The van der Waals surface area contributed by atoms with Gasteiger partial charge >= 0.3 is 0 Å². The van der Waals surface area contributed by atoms with Gasteiger partial charge in [-0.25, -0.2) is 0 Å². The molecule has 2 aliphatic rings. The number of rotatable bonds is 0. The van der Waals surface area contributed by atoms with Gasteiger partial charge in [-0.05, 0) is 24.0 Å². The third-order valence-corrected chi connectivity index (χ3v) is 3.77. The van der Waals surface area contributed by atoms with Crippen LogP contribution in [-0.4, -0.2) is 0 Å². The quantitative estimate of drug-likeness (QED) is 0.546. The lowest BCUT2D eigenvalue weighted by Crippen LogP contribution is -1.95. The molecule has 1 aromatic rings. The summed E-state index contributed by atoms with van der Waals surface area (Å²) in [7, 11) is 0. The first-order chi connectivity index (χ1) is 7.38. The molecule has 0 saturated carbocycles. The first kappa shape index (κ1) is 8.96. The Kier molecular flexibility index (Phi) is 2.02. The van der Waals surface area contributed by atoms with Crippen molar-refractivity contribution in [2.45, 2.75) is 31.6 Å². The molecule has 1 aromatic carbocycles. The Labute approximate surface area is 91.3 Å². The number of fused-ring (bicyclic) bond motifs is 3. The first-order valence-electron chi connectivity index (χ1n) is 5.81. The molecule has 0 aliphatic heterocycles. The highest BCUT2D eigenvalue weighted by Gasteiger charge is 2.31. The van der Waals surface area contributed by atoms with Crippen LogP contribution in [0.2, 0.25) is 0 Å².